The maximum Gasteiger partial charge on any atom is -0.0162 e. The van der Waals surface area contributed by atoms with Crippen molar-refractivity contribution in [1.82, 2.24) is 0 Å². The first-order valence-electron chi connectivity index (χ1n) is 4.67. The topological polar surface area (TPSA) is 0 Å². The lowest BCUT2D eigenvalue weighted by Gasteiger charge is -2.22. The lowest BCUT2D eigenvalue weighted by Crippen LogP contribution is -2.15. The molecule has 0 aromatic heterocycles. The van der Waals surface area contributed by atoms with Gasteiger partial charge in [0.1, 0.15) is 0 Å². The minimum absolute atomic E-state index is 0.890. The minimum atomic E-state index is 0.890. The molecular weight excluding hydrogens is 132 g/mol. The van der Waals surface area contributed by atoms with Crippen LogP contribution in [0.4, 0.5) is 0 Å². The molecule has 0 aliphatic heterocycles. The Morgan fingerprint density at radius 3 is 2.73 bits per heavy atom. The summed E-state index contributed by atoms with van der Waals surface area (Å²) in [6.45, 7) is 3.70. The van der Waals surface area contributed by atoms with Gasteiger partial charge >= 0.3 is 0 Å². The second-order valence-corrected chi connectivity index (χ2v) is 4.45. The molecule has 3 aliphatic rings. The van der Waals surface area contributed by atoms with Crippen LogP contribution in [-0.2, 0) is 0 Å². The number of fused-ring (bicyclic) bond motifs is 2. The molecule has 0 saturated heterocycles. The maximum atomic E-state index is 3.70. The summed E-state index contributed by atoms with van der Waals surface area (Å²) in [5.41, 5.74) is 0.890. The van der Waals surface area contributed by atoms with Gasteiger partial charge in [-0.3, -0.25) is 0 Å². The monoisotopic (exact) mass is 146 g/mol. The van der Waals surface area contributed by atoms with Gasteiger partial charge in [-0.15, -0.1) is 0 Å². The van der Waals surface area contributed by atoms with Gasteiger partial charge in [0.15, 0.2) is 0 Å². The van der Waals surface area contributed by atoms with Crippen molar-refractivity contribution in [2.45, 2.75) is 19.3 Å². The van der Waals surface area contributed by atoms with Crippen molar-refractivity contribution < 1.29 is 0 Å². The number of rotatable bonds is 2. The molecule has 1 spiro atoms. The average Bonchev–Trinajstić information content (AvgIpc) is 2.78. The van der Waals surface area contributed by atoms with Crippen LogP contribution in [0.2, 0.25) is 0 Å². The largest absolute Gasteiger partial charge is 0.0991 e. The van der Waals surface area contributed by atoms with Gasteiger partial charge in [0, 0.05) is 0 Å². The molecule has 0 aromatic rings. The van der Waals surface area contributed by atoms with Gasteiger partial charge in [0.25, 0.3) is 0 Å². The highest BCUT2D eigenvalue weighted by Gasteiger charge is 2.74. The zero-order valence-electron chi connectivity index (χ0n) is 6.79. The quantitative estimate of drug-likeness (QED) is 0.525. The van der Waals surface area contributed by atoms with Gasteiger partial charge in [0.2, 0.25) is 0 Å². The van der Waals surface area contributed by atoms with Crippen LogP contribution in [0, 0.1) is 23.2 Å². The SMILES string of the molecule is C=CC=CC1C2CC3(CC3)C12. The zero-order valence-corrected chi connectivity index (χ0v) is 6.79. The molecule has 3 rings (SSSR count). The minimum Gasteiger partial charge on any atom is -0.0991 e. The van der Waals surface area contributed by atoms with Crippen LogP contribution >= 0.6 is 0 Å². The Hall–Kier alpha value is -0.520. The van der Waals surface area contributed by atoms with Crippen LogP contribution in [-0.4, -0.2) is 0 Å². The molecule has 0 aromatic carbocycles. The van der Waals surface area contributed by atoms with Gasteiger partial charge in [-0.25, -0.2) is 0 Å². The third kappa shape index (κ3) is 0.610. The second-order valence-electron chi connectivity index (χ2n) is 4.45. The molecule has 0 heteroatoms. The molecule has 3 aliphatic carbocycles. The Bertz CT molecular complexity index is 232. The Balaban J connectivity index is 1.69. The number of allylic oxidation sites excluding steroid dienone is 3. The van der Waals surface area contributed by atoms with E-state index in [0.717, 1.165) is 23.2 Å². The standard InChI is InChI=1S/C11H14/c1-2-3-4-8-9-7-11(5-6-11)10(8)9/h2-4,8-10H,1,5-7H2. The van der Waals surface area contributed by atoms with E-state index in [0.29, 0.717) is 0 Å². The molecule has 3 atom stereocenters. The van der Waals surface area contributed by atoms with E-state index in [1.54, 1.807) is 6.42 Å². The van der Waals surface area contributed by atoms with Crippen LogP contribution in [0.1, 0.15) is 19.3 Å². The predicted octanol–water partition coefficient (Wildman–Crippen LogP) is 2.77. The van der Waals surface area contributed by atoms with Crippen LogP contribution in [0.5, 0.6) is 0 Å². The van der Waals surface area contributed by atoms with E-state index >= 15 is 0 Å². The van der Waals surface area contributed by atoms with Crippen molar-refractivity contribution in [2.24, 2.45) is 23.2 Å². The molecule has 0 amide bonds. The van der Waals surface area contributed by atoms with E-state index in [9.17, 15) is 0 Å². The summed E-state index contributed by atoms with van der Waals surface area (Å²) < 4.78 is 0. The van der Waals surface area contributed by atoms with E-state index in [4.69, 9.17) is 0 Å². The molecule has 0 bridgehead atoms. The smallest absolute Gasteiger partial charge is 0.0162 e. The van der Waals surface area contributed by atoms with Gasteiger partial charge in [-0.05, 0) is 42.4 Å². The number of hydrogen-bond donors (Lipinski definition) is 0. The van der Waals surface area contributed by atoms with Crippen molar-refractivity contribution >= 4 is 0 Å². The van der Waals surface area contributed by atoms with Gasteiger partial charge in [0.05, 0.1) is 0 Å². The third-order valence-corrected chi connectivity index (χ3v) is 3.94. The molecule has 11 heavy (non-hydrogen) atoms. The summed E-state index contributed by atoms with van der Waals surface area (Å²) >= 11 is 0. The Morgan fingerprint density at radius 2 is 2.18 bits per heavy atom. The lowest BCUT2D eigenvalue weighted by molar-refractivity contribution is 0.260. The Labute approximate surface area is 68.0 Å². The predicted molar refractivity (Wildman–Crippen MR) is 46.1 cm³/mol. The normalized spacial score (nSPS) is 48.5. The highest BCUT2D eigenvalue weighted by atomic mass is 14.8. The first-order chi connectivity index (χ1) is 5.37. The summed E-state index contributed by atoms with van der Waals surface area (Å²) in [5.74, 6) is 3.16. The first-order valence-corrected chi connectivity index (χ1v) is 4.67. The van der Waals surface area contributed by atoms with E-state index < -0.39 is 0 Å². The van der Waals surface area contributed by atoms with Crippen molar-refractivity contribution in [1.29, 1.82) is 0 Å². The van der Waals surface area contributed by atoms with E-state index in [2.05, 4.69) is 18.7 Å². The van der Waals surface area contributed by atoms with Crippen LogP contribution in [0.3, 0.4) is 0 Å². The summed E-state index contributed by atoms with van der Waals surface area (Å²) in [5, 5.41) is 0. The molecule has 0 radical (unpaired) electrons. The molecule has 3 saturated carbocycles. The lowest BCUT2D eigenvalue weighted by atomic mass is 9.82. The molecular formula is C11H14. The van der Waals surface area contributed by atoms with E-state index in [-0.39, 0.29) is 0 Å². The zero-order chi connectivity index (χ0) is 7.47. The van der Waals surface area contributed by atoms with E-state index in [1.165, 1.54) is 12.8 Å². The van der Waals surface area contributed by atoms with E-state index in [1.807, 2.05) is 6.08 Å². The summed E-state index contributed by atoms with van der Waals surface area (Å²) in [6, 6.07) is 0. The summed E-state index contributed by atoms with van der Waals surface area (Å²) in [4.78, 5) is 0. The highest BCUT2D eigenvalue weighted by Crippen LogP contribution is 2.81. The number of hydrogen-bond acceptors (Lipinski definition) is 0. The van der Waals surface area contributed by atoms with Crippen molar-refractivity contribution in [2.75, 3.05) is 0 Å². The molecule has 3 unspecified atom stereocenters. The van der Waals surface area contributed by atoms with Gasteiger partial charge < -0.3 is 0 Å². The van der Waals surface area contributed by atoms with Crippen LogP contribution < -0.4 is 0 Å². The Morgan fingerprint density at radius 1 is 1.36 bits per heavy atom. The maximum absolute atomic E-state index is 3.70. The fourth-order valence-corrected chi connectivity index (χ4v) is 3.14. The molecule has 0 nitrogen and oxygen atoms in total. The molecule has 58 valence electrons. The molecule has 0 N–H and O–H groups in total. The summed E-state index contributed by atoms with van der Waals surface area (Å²) in [6.07, 6.45) is 11.0. The van der Waals surface area contributed by atoms with Crippen LogP contribution in [0.15, 0.2) is 24.8 Å². The molecule has 0 heterocycles. The third-order valence-electron chi connectivity index (χ3n) is 3.94. The fourth-order valence-electron chi connectivity index (χ4n) is 3.14. The molecule has 3 fully saturated rings. The fraction of sp³-hybridized carbons (Fsp3) is 0.636. The van der Waals surface area contributed by atoms with Crippen molar-refractivity contribution in [3.05, 3.63) is 24.8 Å². The van der Waals surface area contributed by atoms with Crippen LogP contribution in [0.25, 0.3) is 0 Å². The second kappa shape index (κ2) is 1.63. The van der Waals surface area contributed by atoms with Crippen molar-refractivity contribution in [3.8, 4) is 0 Å². The first kappa shape index (κ1) is 6.05. The highest BCUT2D eigenvalue weighted by molar-refractivity contribution is 5.28. The van der Waals surface area contributed by atoms with Gasteiger partial charge in [-0.1, -0.05) is 24.8 Å². The Kier molecular flexibility index (Phi) is 0.894. The summed E-state index contributed by atoms with van der Waals surface area (Å²) in [7, 11) is 0. The average molecular weight is 146 g/mol. The van der Waals surface area contributed by atoms with Gasteiger partial charge in [-0.2, -0.15) is 0 Å². The van der Waals surface area contributed by atoms with Crippen molar-refractivity contribution in [3.63, 3.8) is 0 Å².